The van der Waals surface area contributed by atoms with Gasteiger partial charge in [-0.15, -0.1) is 0 Å². The lowest BCUT2D eigenvalue weighted by Crippen LogP contribution is -2.57. The van der Waals surface area contributed by atoms with Crippen LogP contribution in [0.3, 0.4) is 0 Å². The molecule has 0 unspecified atom stereocenters. The molecule has 1 N–H and O–H groups in total. The van der Waals surface area contributed by atoms with Crippen LogP contribution in [0, 0.1) is 17.7 Å². The van der Waals surface area contributed by atoms with E-state index in [0.717, 1.165) is 19.4 Å². The SMILES string of the molecule is CN1C(=O)[C@H]2CN(c3ncccn3)C[C@H]2C12CCN(C(=O)Nc1ccc(F)cc1)CC2. The van der Waals surface area contributed by atoms with Gasteiger partial charge < -0.3 is 20.0 Å². The quantitative estimate of drug-likeness (QED) is 0.800. The second kappa shape index (κ2) is 7.47. The number of benzene rings is 1. The molecule has 8 nitrogen and oxygen atoms in total. The predicted molar refractivity (Wildman–Crippen MR) is 113 cm³/mol. The van der Waals surface area contributed by atoms with Gasteiger partial charge in [-0.05, 0) is 43.2 Å². The molecular weight excluding hydrogens is 399 g/mol. The van der Waals surface area contributed by atoms with Crippen LogP contribution >= 0.6 is 0 Å². The highest BCUT2D eigenvalue weighted by Crippen LogP contribution is 2.49. The summed E-state index contributed by atoms with van der Waals surface area (Å²) in [5.41, 5.74) is 0.312. The molecule has 3 fully saturated rings. The third-order valence-corrected chi connectivity index (χ3v) is 7.17. The van der Waals surface area contributed by atoms with E-state index in [1.165, 1.54) is 12.1 Å². The number of amides is 3. The molecule has 9 heteroatoms. The molecule has 4 heterocycles. The molecule has 1 spiro atoms. The van der Waals surface area contributed by atoms with E-state index in [4.69, 9.17) is 0 Å². The van der Waals surface area contributed by atoms with Gasteiger partial charge in [0.1, 0.15) is 5.82 Å². The number of hydrogen-bond donors (Lipinski definition) is 1. The van der Waals surface area contributed by atoms with Crippen LogP contribution in [0.25, 0.3) is 0 Å². The molecule has 2 atom stereocenters. The van der Waals surface area contributed by atoms with Crippen molar-refractivity contribution in [3.05, 3.63) is 48.5 Å². The van der Waals surface area contributed by atoms with Gasteiger partial charge >= 0.3 is 6.03 Å². The zero-order valence-electron chi connectivity index (χ0n) is 17.4. The second-order valence-corrected chi connectivity index (χ2v) is 8.59. The molecule has 162 valence electrons. The lowest BCUT2D eigenvalue weighted by molar-refractivity contribution is -0.133. The number of carbonyl (C=O) groups excluding carboxylic acids is 2. The first-order chi connectivity index (χ1) is 15.0. The minimum atomic E-state index is -0.340. The summed E-state index contributed by atoms with van der Waals surface area (Å²) in [5, 5.41) is 2.83. The van der Waals surface area contributed by atoms with Crippen LogP contribution in [-0.2, 0) is 4.79 Å². The third kappa shape index (κ3) is 3.28. The molecule has 1 aromatic heterocycles. The molecule has 0 bridgehead atoms. The maximum atomic E-state index is 13.1. The van der Waals surface area contributed by atoms with E-state index in [0.29, 0.717) is 31.3 Å². The zero-order valence-corrected chi connectivity index (χ0v) is 17.4. The van der Waals surface area contributed by atoms with Crippen molar-refractivity contribution in [3.63, 3.8) is 0 Å². The van der Waals surface area contributed by atoms with Gasteiger partial charge in [-0.2, -0.15) is 0 Å². The molecule has 3 aliphatic rings. The zero-order chi connectivity index (χ0) is 21.6. The van der Waals surface area contributed by atoms with E-state index in [-0.39, 0.29) is 35.1 Å². The van der Waals surface area contributed by atoms with E-state index < -0.39 is 0 Å². The lowest BCUT2D eigenvalue weighted by Gasteiger charge is -2.46. The maximum absolute atomic E-state index is 13.1. The van der Waals surface area contributed by atoms with Gasteiger partial charge in [0.05, 0.1) is 11.5 Å². The molecule has 1 aromatic carbocycles. The average molecular weight is 424 g/mol. The number of aromatic nitrogens is 2. The van der Waals surface area contributed by atoms with E-state index >= 15 is 0 Å². The van der Waals surface area contributed by atoms with Crippen molar-refractivity contribution in [2.75, 3.05) is 43.4 Å². The maximum Gasteiger partial charge on any atom is 0.321 e. The average Bonchev–Trinajstić information content (AvgIpc) is 3.32. The molecule has 0 aliphatic carbocycles. The van der Waals surface area contributed by atoms with Gasteiger partial charge in [0.25, 0.3) is 0 Å². The largest absolute Gasteiger partial charge is 0.340 e. The fraction of sp³-hybridized carbons (Fsp3) is 0.455. The monoisotopic (exact) mass is 424 g/mol. The Hall–Kier alpha value is -3.23. The van der Waals surface area contributed by atoms with Crippen molar-refractivity contribution in [3.8, 4) is 0 Å². The van der Waals surface area contributed by atoms with Crippen molar-refractivity contribution in [1.82, 2.24) is 19.8 Å². The third-order valence-electron chi connectivity index (χ3n) is 7.17. The number of anilines is 2. The van der Waals surface area contributed by atoms with Crippen LogP contribution in [0.1, 0.15) is 12.8 Å². The highest BCUT2D eigenvalue weighted by Gasteiger charge is 2.60. The number of hydrogen-bond acceptors (Lipinski definition) is 5. The normalized spacial score (nSPS) is 24.6. The molecule has 0 radical (unpaired) electrons. The number of carbonyl (C=O) groups is 2. The number of piperidine rings is 1. The summed E-state index contributed by atoms with van der Waals surface area (Å²) < 4.78 is 13.1. The van der Waals surface area contributed by atoms with Gasteiger partial charge in [0, 0.05) is 57.2 Å². The van der Waals surface area contributed by atoms with Crippen molar-refractivity contribution in [2.24, 2.45) is 11.8 Å². The first kappa shape index (κ1) is 19.7. The Morgan fingerprint density at radius 3 is 2.48 bits per heavy atom. The van der Waals surface area contributed by atoms with Crippen LogP contribution in [0.5, 0.6) is 0 Å². The fourth-order valence-corrected chi connectivity index (χ4v) is 5.47. The van der Waals surface area contributed by atoms with E-state index in [1.807, 2.05) is 11.9 Å². The molecule has 2 aromatic rings. The molecule has 3 saturated heterocycles. The number of rotatable bonds is 2. The van der Waals surface area contributed by atoms with Crippen LogP contribution < -0.4 is 10.2 Å². The minimum Gasteiger partial charge on any atom is -0.340 e. The number of fused-ring (bicyclic) bond motifs is 2. The summed E-state index contributed by atoms with van der Waals surface area (Å²) in [4.78, 5) is 40.3. The smallest absolute Gasteiger partial charge is 0.321 e. The molecule has 3 aliphatic heterocycles. The lowest BCUT2D eigenvalue weighted by atomic mass is 9.75. The number of nitrogens with zero attached hydrogens (tertiary/aromatic N) is 5. The molecular formula is C22H25FN6O2. The van der Waals surface area contributed by atoms with Crippen molar-refractivity contribution < 1.29 is 14.0 Å². The van der Waals surface area contributed by atoms with Crippen LogP contribution in [0.2, 0.25) is 0 Å². The van der Waals surface area contributed by atoms with E-state index in [9.17, 15) is 14.0 Å². The second-order valence-electron chi connectivity index (χ2n) is 8.59. The summed E-state index contributed by atoms with van der Waals surface area (Å²) in [6, 6.07) is 7.32. The van der Waals surface area contributed by atoms with Gasteiger partial charge in [-0.3, -0.25) is 4.79 Å². The molecule has 0 saturated carbocycles. The number of likely N-dealkylation sites (tertiary alicyclic amines) is 2. The number of halogens is 1. The minimum absolute atomic E-state index is 0.0617. The van der Waals surface area contributed by atoms with Crippen LogP contribution in [0.4, 0.5) is 20.8 Å². The van der Waals surface area contributed by atoms with E-state index in [2.05, 4.69) is 20.2 Å². The Balaban J connectivity index is 1.28. The topological polar surface area (TPSA) is 81.7 Å². The summed E-state index contributed by atoms with van der Waals surface area (Å²) in [6.07, 6.45) is 4.91. The highest BCUT2D eigenvalue weighted by molar-refractivity contribution is 5.89. The Morgan fingerprint density at radius 1 is 1.13 bits per heavy atom. The molecule has 31 heavy (non-hydrogen) atoms. The molecule has 5 rings (SSSR count). The first-order valence-corrected chi connectivity index (χ1v) is 10.6. The number of nitrogens with one attached hydrogen (secondary N) is 1. The van der Waals surface area contributed by atoms with E-state index in [1.54, 1.807) is 35.5 Å². The predicted octanol–water partition coefficient (Wildman–Crippen LogP) is 2.21. The standard InChI is InChI=1S/C22H25FN6O2/c1-27-19(30)17-13-29(20-24-9-2-10-25-20)14-18(17)22(27)7-11-28(12-8-22)21(31)26-16-5-3-15(23)4-6-16/h2-6,9-10,17-18H,7-8,11-14H2,1H3,(H,26,31)/t17-,18+/m0/s1. The first-order valence-electron chi connectivity index (χ1n) is 10.6. The summed E-state index contributed by atoms with van der Waals surface area (Å²) >= 11 is 0. The summed E-state index contributed by atoms with van der Waals surface area (Å²) in [7, 11) is 1.90. The van der Waals surface area contributed by atoms with Crippen LogP contribution in [-0.4, -0.2) is 70.5 Å². The number of urea groups is 1. The Kier molecular flexibility index (Phi) is 4.75. The summed E-state index contributed by atoms with van der Waals surface area (Å²) in [6.45, 7) is 2.51. The highest BCUT2D eigenvalue weighted by atomic mass is 19.1. The van der Waals surface area contributed by atoms with Crippen molar-refractivity contribution in [2.45, 2.75) is 18.4 Å². The Labute approximate surface area is 180 Å². The van der Waals surface area contributed by atoms with Gasteiger partial charge in [0.15, 0.2) is 0 Å². The Bertz CT molecular complexity index is 977. The summed E-state index contributed by atoms with van der Waals surface area (Å²) in [5.74, 6) is 0.628. The Morgan fingerprint density at radius 2 is 1.81 bits per heavy atom. The van der Waals surface area contributed by atoms with Gasteiger partial charge in [-0.25, -0.2) is 19.2 Å². The fourth-order valence-electron chi connectivity index (χ4n) is 5.47. The molecule has 3 amide bonds. The van der Waals surface area contributed by atoms with Gasteiger partial charge in [0.2, 0.25) is 11.9 Å². The van der Waals surface area contributed by atoms with Crippen molar-refractivity contribution in [1.29, 1.82) is 0 Å². The van der Waals surface area contributed by atoms with Crippen molar-refractivity contribution >= 4 is 23.6 Å². The van der Waals surface area contributed by atoms with Crippen LogP contribution in [0.15, 0.2) is 42.7 Å². The van der Waals surface area contributed by atoms with Gasteiger partial charge in [-0.1, -0.05) is 0 Å².